The van der Waals surface area contributed by atoms with Crippen LogP contribution in [0.3, 0.4) is 0 Å². The van der Waals surface area contributed by atoms with E-state index in [1.807, 2.05) is 19.1 Å². The van der Waals surface area contributed by atoms with Gasteiger partial charge in [-0.05, 0) is 37.5 Å². The second-order valence-corrected chi connectivity index (χ2v) is 5.04. The first-order chi connectivity index (χ1) is 8.61. The van der Waals surface area contributed by atoms with E-state index in [0.29, 0.717) is 5.56 Å². The summed E-state index contributed by atoms with van der Waals surface area (Å²) in [5.41, 5.74) is 7.76. The molecule has 98 valence electrons. The van der Waals surface area contributed by atoms with Crippen molar-refractivity contribution >= 4 is 11.6 Å². The van der Waals surface area contributed by atoms with Gasteiger partial charge in [-0.25, -0.2) is 0 Å². The van der Waals surface area contributed by atoms with Crippen molar-refractivity contribution in [3.05, 3.63) is 29.3 Å². The molecule has 1 aromatic carbocycles. The maximum absolute atomic E-state index is 11.4. The summed E-state index contributed by atoms with van der Waals surface area (Å²) in [4.78, 5) is 11.4. The molecule has 0 aromatic heterocycles. The zero-order valence-electron chi connectivity index (χ0n) is 10.6. The zero-order valence-corrected chi connectivity index (χ0v) is 10.6. The monoisotopic (exact) mass is 248 g/mol. The van der Waals surface area contributed by atoms with Crippen LogP contribution in [0.5, 0.6) is 0 Å². The fraction of sp³-hybridized carbons (Fsp3) is 0.500. The minimum atomic E-state index is -0.420. The van der Waals surface area contributed by atoms with Crippen molar-refractivity contribution in [3.8, 4) is 0 Å². The predicted molar refractivity (Wildman–Crippen MR) is 71.5 cm³/mol. The van der Waals surface area contributed by atoms with Crippen molar-refractivity contribution in [2.75, 3.05) is 11.9 Å². The van der Waals surface area contributed by atoms with Gasteiger partial charge in [0.15, 0.2) is 0 Å². The number of amides is 1. The van der Waals surface area contributed by atoms with Crippen LogP contribution in [-0.4, -0.2) is 23.7 Å². The Morgan fingerprint density at radius 3 is 2.94 bits per heavy atom. The number of anilines is 1. The number of aliphatic hydroxyl groups excluding tert-OH is 1. The number of nitrogens with one attached hydrogen (secondary N) is 1. The number of carbonyl (C=O) groups excluding carboxylic acids is 1. The van der Waals surface area contributed by atoms with E-state index in [1.54, 1.807) is 6.07 Å². The van der Waals surface area contributed by atoms with Gasteiger partial charge in [0.05, 0.1) is 5.56 Å². The second-order valence-electron chi connectivity index (χ2n) is 5.04. The molecule has 1 aliphatic carbocycles. The van der Waals surface area contributed by atoms with Crippen LogP contribution in [0.4, 0.5) is 5.69 Å². The Morgan fingerprint density at radius 2 is 2.28 bits per heavy atom. The van der Waals surface area contributed by atoms with E-state index in [1.165, 1.54) is 0 Å². The molecule has 2 unspecified atom stereocenters. The van der Waals surface area contributed by atoms with Gasteiger partial charge in [0.1, 0.15) is 0 Å². The number of aryl methyl sites for hydroxylation is 1. The SMILES string of the molecule is Cc1ccc(C(N)=O)c(NC2CCCC2CO)c1. The molecule has 1 saturated carbocycles. The summed E-state index contributed by atoms with van der Waals surface area (Å²) in [6, 6.07) is 5.80. The Morgan fingerprint density at radius 1 is 1.50 bits per heavy atom. The lowest BCUT2D eigenvalue weighted by molar-refractivity contribution is 0.100. The fourth-order valence-electron chi connectivity index (χ4n) is 2.64. The molecule has 2 atom stereocenters. The van der Waals surface area contributed by atoms with Crippen molar-refractivity contribution in [1.82, 2.24) is 0 Å². The molecule has 18 heavy (non-hydrogen) atoms. The summed E-state index contributed by atoms with van der Waals surface area (Å²) in [6.45, 7) is 2.17. The number of hydrogen-bond donors (Lipinski definition) is 3. The summed E-state index contributed by atoms with van der Waals surface area (Å²) < 4.78 is 0. The molecule has 4 nitrogen and oxygen atoms in total. The van der Waals surface area contributed by atoms with E-state index in [4.69, 9.17) is 5.73 Å². The van der Waals surface area contributed by atoms with E-state index in [9.17, 15) is 9.90 Å². The maximum Gasteiger partial charge on any atom is 0.250 e. The standard InChI is InChI=1S/C14H20N2O2/c1-9-5-6-11(14(15)18)13(7-9)16-12-4-2-3-10(12)8-17/h5-7,10,12,16-17H,2-4,8H2,1H3,(H2,15,18). The molecule has 0 spiro atoms. The van der Waals surface area contributed by atoms with Gasteiger partial charge in [0.25, 0.3) is 5.91 Å². The van der Waals surface area contributed by atoms with Gasteiger partial charge >= 0.3 is 0 Å². The Hall–Kier alpha value is -1.55. The highest BCUT2D eigenvalue weighted by molar-refractivity contribution is 5.98. The van der Waals surface area contributed by atoms with Crippen molar-refractivity contribution in [1.29, 1.82) is 0 Å². The van der Waals surface area contributed by atoms with Gasteiger partial charge in [-0.15, -0.1) is 0 Å². The van der Waals surface area contributed by atoms with Crippen LogP contribution in [-0.2, 0) is 0 Å². The van der Waals surface area contributed by atoms with Crippen molar-refractivity contribution in [3.63, 3.8) is 0 Å². The first-order valence-electron chi connectivity index (χ1n) is 6.39. The summed E-state index contributed by atoms with van der Waals surface area (Å²) in [6.07, 6.45) is 3.17. The van der Waals surface area contributed by atoms with Crippen molar-refractivity contribution < 1.29 is 9.90 Å². The maximum atomic E-state index is 11.4. The number of benzene rings is 1. The highest BCUT2D eigenvalue weighted by Gasteiger charge is 2.27. The highest BCUT2D eigenvalue weighted by atomic mass is 16.3. The van der Waals surface area contributed by atoms with Gasteiger partial charge < -0.3 is 16.2 Å². The molecule has 0 radical (unpaired) electrons. The van der Waals surface area contributed by atoms with E-state index in [-0.39, 0.29) is 18.6 Å². The average molecular weight is 248 g/mol. The van der Waals surface area contributed by atoms with E-state index in [0.717, 1.165) is 30.5 Å². The smallest absolute Gasteiger partial charge is 0.250 e. The first-order valence-corrected chi connectivity index (χ1v) is 6.39. The second kappa shape index (κ2) is 5.40. The lowest BCUT2D eigenvalue weighted by Gasteiger charge is -2.22. The van der Waals surface area contributed by atoms with Crippen LogP contribution >= 0.6 is 0 Å². The van der Waals surface area contributed by atoms with Crippen LogP contribution in [0, 0.1) is 12.8 Å². The van der Waals surface area contributed by atoms with Gasteiger partial charge in [-0.3, -0.25) is 4.79 Å². The first kappa shape index (κ1) is 12.9. The number of primary amides is 1. The number of hydrogen-bond acceptors (Lipinski definition) is 3. The fourth-order valence-corrected chi connectivity index (χ4v) is 2.64. The molecule has 1 amide bonds. The third-order valence-corrected chi connectivity index (χ3v) is 3.68. The van der Waals surface area contributed by atoms with Crippen LogP contribution in [0.25, 0.3) is 0 Å². The highest BCUT2D eigenvalue weighted by Crippen LogP contribution is 2.29. The predicted octanol–water partition coefficient (Wildman–Crippen LogP) is 1.67. The van der Waals surface area contributed by atoms with E-state index in [2.05, 4.69) is 5.32 Å². The van der Waals surface area contributed by atoms with Crippen molar-refractivity contribution in [2.45, 2.75) is 32.2 Å². The molecular weight excluding hydrogens is 228 g/mol. The molecule has 1 aromatic rings. The molecule has 1 aliphatic rings. The summed E-state index contributed by atoms with van der Waals surface area (Å²) >= 11 is 0. The van der Waals surface area contributed by atoms with Gasteiger partial charge in [-0.1, -0.05) is 12.5 Å². The molecule has 0 bridgehead atoms. The van der Waals surface area contributed by atoms with Crippen LogP contribution in [0.1, 0.15) is 35.2 Å². The summed E-state index contributed by atoms with van der Waals surface area (Å²) in [7, 11) is 0. The van der Waals surface area contributed by atoms with E-state index >= 15 is 0 Å². The van der Waals surface area contributed by atoms with Crippen LogP contribution in [0.2, 0.25) is 0 Å². The van der Waals surface area contributed by atoms with Crippen LogP contribution < -0.4 is 11.1 Å². The van der Waals surface area contributed by atoms with Gasteiger partial charge in [0.2, 0.25) is 0 Å². The molecule has 0 saturated heterocycles. The Kier molecular flexibility index (Phi) is 3.87. The van der Waals surface area contributed by atoms with Gasteiger partial charge in [0, 0.05) is 24.3 Å². The average Bonchev–Trinajstić information content (AvgIpc) is 2.76. The zero-order chi connectivity index (χ0) is 13.1. The number of rotatable bonds is 4. The Bertz CT molecular complexity index is 445. The molecule has 4 heteroatoms. The van der Waals surface area contributed by atoms with Crippen LogP contribution in [0.15, 0.2) is 18.2 Å². The minimum Gasteiger partial charge on any atom is -0.396 e. The van der Waals surface area contributed by atoms with Crippen molar-refractivity contribution in [2.24, 2.45) is 11.7 Å². The summed E-state index contributed by atoms with van der Waals surface area (Å²) in [5, 5.41) is 12.7. The Balaban J connectivity index is 2.22. The molecule has 2 rings (SSSR count). The van der Waals surface area contributed by atoms with Gasteiger partial charge in [-0.2, -0.15) is 0 Å². The summed E-state index contributed by atoms with van der Waals surface area (Å²) in [5.74, 6) is -0.151. The number of nitrogens with two attached hydrogens (primary N) is 1. The normalized spacial score (nSPS) is 23.0. The third kappa shape index (κ3) is 2.64. The van der Waals surface area contributed by atoms with E-state index < -0.39 is 5.91 Å². The molecule has 0 aliphatic heterocycles. The molecule has 0 heterocycles. The lowest BCUT2D eigenvalue weighted by atomic mass is 10.0. The number of aliphatic hydroxyl groups is 1. The quantitative estimate of drug-likeness (QED) is 0.758. The lowest BCUT2D eigenvalue weighted by Crippen LogP contribution is -2.28. The third-order valence-electron chi connectivity index (χ3n) is 3.68. The largest absolute Gasteiger partial charge is 0.396 e. The number of carbonyl (C=O) groups is 1. The molecular formula is C14H20N2O2. The Labute approximate surface area is 107 Å². The molecule has 4 N–H and O–H groups in total. The topological polar surface area (TPSA) is 75.4 Å². The minimum absolute atomic E-state index is 0.190. The molecule has 1 fully saturated rings.